The molecule has 1 saturated heterocycles. The molecule has 1 fully saturated rings. The van der Waals surface area contributed by atoms with Crippen molar-refractivity contribution in [3.05, 3.63) is 35.6 Å². The van der Waals surface area contributed by atoms with Crippen LogP contribution in [0.25, 0.3) is 0 Å². The molecule has 0 spiro atoms. The Morgan fingerprint density at radius 2 is 1.96 bits per heavy atom. The molecule has 23 heavy (non-hydrogen) atoms. The van der Waals surface area contributed by atoms with Gasteiger partial charge in [0.15, 0.2) is 0 Å². The number of nitrogens with zero attached hydrogens (tertiary/aromatic N) is 1. The summed E-state index contributed by atoms with van der Waals surface area (Å²) in [6.45, 7) is 2.15. The number of rotatable bonds is 4. The molecule has 0 aliphatic carbocycles. The van der Waals surface area contributed by atoms with E-state index in [0.29, 0.717) is 24.9 Å². The second kappa shape index (κ2) is 7.21. The lowest BCUT2D eigenvalue weighted by molar-refractivity contribution is -0.142. The molecule has 1 aromatic carbocycles. The summed E-state index contributed by atoms with van der Waals surface area (Å²) in [6, 6.07) is 4.29. The van der Waals surface area contributed by atoms with Crippen LogP contribution in [0.15, 0.2) is 24.3 Å². The van der Waals surface area contributed by atoms with Crippen LogP contribution in [-0.2, 0) is 9.59 Å². The average Bonchev–Trinajstić information content (AvgIpc) is 2.54. The van der Waals surface area contributed by atoms with Gasteiger partial charge in [0.1, 0.15) is 11.9 Å². The predicted molar refractivity (Wildman–Crippen MR) is 80.3 cm³/mol. The molecule has 0 radical (unpaired) electrons. The molecule has 1 aliphatic heterocycles. The van der Waals surface area contributed by atoms with Crippen molar-refractivity contribution in [1.29, 1.82) is 0 Å². The van der Waals surface area contributed by atoms with E-state index in [4.69, 9.17) is 5.11 Å². The lowest BCUT2D eigenvalue weighted by Gasteiger charge is -2.32. The maximum absolute atomic E-state index is 12.9. The van der Waals surface area contributed by atoms with Gasteiger partial charge in [0.25, 0.3) is 5.91 Å². The number of carbonyl (C=O) groups is 3. The molecule has 2 N–H and O–H groups in total. The first-order valence-electron chi connectivity index (χ1n) is 7.46. The third-order valence-electron chi connectivity index (χ3n) is 3.90. The zero-order chi connectivity index (χ0) is 17.0. The van der Waals surface area contributed by atoms with Crippen molar-refractivity contribution in [2.24, 2.45) is 5.92 Å². The number of halogens is 1. The number of nitrogens with one attached hydrogen (secondary N) is 1. The first-order chi connectivity index (χ1) is 10.9. The highest BCUT2D eigenvalue weighted by Crippen LogP contribution is 2.19. The van der Waals surface area contributed by atoms with Crippen molar-refractivity contribution in [1.82, 2.24) is 10.2 Å². The lowest BCUT2D eigenvalue weighted by atomic mass is 9.96. The van der Waals surface area contributed by atoms with Gasteiger partial charge in [0.05, 0.1) is 5.92 Å². The largest absolute Gasteiger partial charge is 0.480 e. The van der Waals surface area contributed by atoms with Crippen molar-refractivity contribution in [2.45, 2.75) is 25.8 Å². The standard InChI is InChI=1S/C16H19FN2O4/c1-10(16(22)23)18-14(20)12-3-2-8-19(9-12)15(21)11-4-6-13(17)7-5-11/h4-7,10,12H,2-3,8-9H2,1H3,(H,18,20)(H,22,23). The van der Waals surface area contributed by atoms with E-state index in [1.165, 1.54) is 31.2 Å². The first-order valence-corrected chi connectivity index (χ1v) is 7.46. The quantitative estimate of drug-likeness (QED) is 0.874. The number of carbonyl (C=O) groups excluding carboxylic acids is 2. The molecule has 1 heterocycles. The Morgan fingerprint density at radius 1 is 1.30 bits per heavy atom. The fraction of sp³-hybridized carbons (Fsp3) is 0.438. The summed E-state index contributed by atoms with van der Waals surface area (Å²) in [7, 11) is 0. The Labute approximate surface area is 133 Å². The Kier molecular flexibility index (Phi) is 5.31. The number of benzene rings is 1. The van der Waals surface area contributed by atoms with Gasteiger partial charge >= 0.3 is 5.97 Å². The van der Waals surface area contributed by atoms with Crippen LogP contribution in [0.1, 0.15) is 30.1 Å². The molecule has 124 valence electrons. The third-order valence-corrected chi connectivity index (χ3v) is 3.90. The smallest absolute Gasteiger partial charge is 0.325 e. The zero-order valence-electron chi connectivity index (χ0n) is 12.8. The highest BCUT2D eigenvalue weighted by atomic mass is 19.1. The fourth-order valence-corrected chi connectivity index (χ4v) is 2.54. The molecule has 2 atom stereocenters. The molecule has 2 rings (SSSR count). The normalized spacial score (nSPS) is 19.0. The van der Waals surface area contributed by atoms with Gasteiger partial charge in [-0.3, -0.25) is 14.4 Å². The van der Waals surface area contributed by atoms with Crippen molar-refractivity contribution in [2.75, 3.05) is 13.1 Å². The number of amides is 2. The fourth-order valence-electron chi connectivity index (χ4n) is 2.54. The minimum Gasteiger partial charge on any atom is -0.480 e. The van der Waals surface area contributed by atoms with Crippen molar-refractivity contribution in [3.8, 4) is 0 Å². The number of hydrogen-bond acceptors (Lipinski definition) is 3. The predicted octanol–water partition coefficient (Wildman–Crippen LogP) is 1.27. The molecule has 2 unspecified atom stereocenters. The van der Waals surface area contributed by atoms with E-state index in [1.807, 2.05) is 0 Å². The second-order valence-electron chi connectivity index (χ2n) is 5.67. The molecule has 0 bridgehead atoms. The molecular formula is C16H19FN2O4. The molecule has 1 aliphatic rings. The summed E-state index contributed by atoms with van der Waals surface area (Å²) in [6.07, 6.45) is 1.26. The molecule has 2 amide bonds. The molecule has 1 aromatic rings. The summed E-state index contributed by atoms with van der Waals surface area (Å²) in [5, 5.41) is 11.3. The number of hydrogen-bond donors (Lipinski definition) is 2. The van der Waals surface area contributed by atoms with Crippen LogP contribution in [0.3, 0.4) is 0 Å². The van der Waals surface area contributed by atoms with Gasteiger partial charge in [-0.25, -0.2) is 4.39 Å². The van der Waals surface area contributed by atoms with Gasteiger partial charge in [-0.05, 0) is 44.0 Å². The van der Waals surface area contributed by atoms with Gasteiger partial charge in [0.2, 0.25) is 5.91 Å². The minimum atomic E-state index is -1.10. The summed E-state index contributed by atoms with van der Waals surface area (Å²) >= 11 is 0. The van der Waals surface area contributed by atoms with Crippen LogP contribution in [0, 0.1) is 11.7 Å². The third kappa shape index (κ3) is 4.28. The number of likely N-dealkylation sites (tertiary alicyclic amines) is 1. The lowest BCUT2D eigenvalue weighted by Crippen LogP contribution is -2.48. The highest BCUT2D eigenvalue weighted by Gasteiger charge is 2.30. The van der Waals surface area contributed by atoms with Crippen molar-refractivity contribution in [3.63, 3.8) is 0 Å². The molecule has 7 heteroatoms. The van der Waals surface area contributed by atoms with Crippen LogP contribution >= 0.6 is 0 Å². The maximum Gasteiger partial charge on any atom is 0.325 e. The van der Waals surface area contributed by atoms with E-state index in [2.05, 4.69) is 5.32 Å². The van der Waals surface area contributed by atoms with E-state index < -0.39 is 23.7 Å². The molecule has 0 aromatic heterocycles. The molecule has 6 nitrogen and oxygen atoms in total. The SMILES string of the molecule is CC(NC(=O)C1CCCN(C(=O)c2ccc(F)cc2)C1)C(=O)O. The second-order valence-corrected chi connectivity index (χ2v) is 5.67. The molecule has 0 saturated carbocycles. The summed E-state index contributed by atoms with van der Waals surface area (Å²) in [5.74, 6) is -2.58. The van der Waals surface area contributed by atoms with Gasteiger partial charge < -0.3 is 15.3 Å². The monoisotopic (exact) mass is 322 g/mol. The van der Waals surface area contributed by atoms with E-state index in [9.17, 15) is 18.8 Å². The van der Waals surface area contributed by atoms with Crippen LogP contribution in [-0.4, -0.2) is 46.9 Å². The Hall–Kier alpha value is -2.44. The Morgan fingerprint density at radius 3 is 2.57 bits per heavy atom. The number of aliphatic carboxylic acids is 1. The first kappa shape index (κ1) is 16.9. The van der Waals surface area contributed by atoms with Gasteiger partial charge in [-0.1, -0.05) is 0 Å². The molecular weight excluding hydrogens is 303 g/mol. The van der Waals surface area contributed by atoms with Crippen LogP contribution in [0.5, 0.6) is 0 Å². The minimum absolute atomic E-state index is 0.231. The van der Waals surface area contributed by atoms with E-state index in [1.54, 1.807) is 4.90 Å². The summed E-state index contributed by atoms with van der Waals surface area (Å²) < 4.78 is 12.9. The number of piperidine rings is 1. The van der Waals surface area contributed by atoms with Gasteiger partial charge in [0, 0.05) is 18.7 Å². The average molecular weight is 322 g/mol. The van der Waals surface area contributed by atoms with Crippen molar-refractivity contribution < 1.29 is 23.9 Å². The van der Waals surface area contributed by atoms with Gasteiger partial charge in [-0.15, -0.1) is 0 Å². The maximum atomic E-state index is 12.9. The summed E-state index contributed by atoms with van der Waals surface area (Å²) in [5.41, 5.74) is 0.367. The topological polar surface area (TPSA) is 86.7 Å². The van der Waals surface area contributed by atoms with Crippen molar-refractivity contribution >= 4 is 17.8 Å². The van der Waals surface area contributed by atoms with Crippen LogP contribution in [0.2, 0.25) is 0 Å². The van der Waals surface area contributed by atoms with Gasteiger partial charge in [-0.2, -0.15) is 0 Å². The Balaban J connectivity index is 2.00. The number of carboxylic acids is 1. The van der Waals surface area contributed by atoms with E-state index in [-0.39, 0.29) is 18.4 Å². The Bertz CT molecular complexity index is 603. The highest BCUT2D eigenvalue weighted by molar-refractivity contribution is 5.94. The van der Waals surface area contributed by atoms with E-state index >= 15 is 0 Å². The van der Waals surface area contributed by atoms with E-state index in [0.717, 1.165) is 0 Å². The van der Waals surface area contributed by atoms with Crippen LogP contribution < -0.4 is 5.32 Å². The zero-order valence-corrected chi connectivity index (χ0v) is 12.8. The van der Waals surface area contributed by atoms with Crippen LogP contribution in [0.4, 0.5) is 4.39 Å². The number of carboxylic acid groups (broad SMARTS) is 1. The summed E-state index contributed by atoms with van der Waals surface area (Å²) in [4.78, 5) is 36.8.